The molecule has 1 aromatic carbocycles. The molecule has 22 heavy (non-hydrogen) atoms. The maximum absolute atomic E-state index is 9.74. The van der Waals surface area contributed by atoms with Crippen LogP contribution < -0.4 is 0 Å². The van der Waals surface area contributed by atoms with Crippen LogP contribution in [-0.2, 0) is 5.41 Å². The lowest BCUT2D eigenvalue weighted by molar-refractivity contribution is 0.149. The Hall–Kier alpha value is -1.15. The minimum atomic E-state index is 0. The molecule has 0 amide bonds. The SMILES string of the molecule is CCCCC=CN1CCC(C)(c2cccc(O)c2)C(C)C1.Cl. The summed E-state index contributed by atoms with van der Waals surface area (Å²) in [7, 11) is 0. The van der Waals surface area contributed by atoms with Gasteiger partial charge in [0.15, 0.2) is 0 Å². The summed E-state index contributed by atoms with van der Waals surface area (Å²) >= 11 is 0. The van der Waals surface area contributed by atoms with E-state index in [1.165, 1.54) is 24.8 Å². The van der Waals surface area contributed by atoms with E-state index in [0.717, 1.165) is 19.5 Å². The average molecular weight is 324 g/mol. The minimum Gasteiger partial charge on any atom is -0.508 e. The minimum absolute atomic E-state index is 0. The molecule has 1 fully saturated rings. The Balaban J connectivity index is 0.00000242. The van der Waals surface area contributed by atoms with Crippen molar-refractivity contribution in [2.45, 2.75) is 51.9 Å². The molecule has 1 heterocycles. The fraction of sp³-hybridized carbons (Fsp3) is 0.579. The highest BCUT2D eigenvalue weighted by Crippen LogP contribution is 2.40. The highest BCUT2D eigenvalue weighted by atomic mass is 35.5. The van der Waals surface area contributed by atoms with Crippen LogP contribution in [-0.4, -0.2) is 23.1 Å². The quantitative estimate of drug-likeness (QED) is 0.760. The van der Waals surface area contributed by atoms with E-state index >= 15 is 0 Å². The van der Waals surface area contributed by atoms with Gasteiger partial charge in [0.2, 0.25) is 0 Å². The maximum Gasteiger partial charge on any atom is 0.115 e. The number of likely N-dealkylation sites (tertiary alicyclic amines) is 1. The Morgan fingerprint density at radius 1 is 1.41 bits per heavy atom. The second-order valence-corrected chi connectivity index (χ2v) is 6.64. The van der Waals surface area contributed by atoms with Crippen molar-refractivity contribution in [3.05, 3.63) is 42.1 Å². The summed E-state index contributed by atoms with van der Waals surface area (Å²) in [6.07, 6.45) is 9.46. The Morgan fingerprint density at radius 3 is 2.82 bits per heavy atom. The zero-order chi connectivity index (χ0) is 15.3. The molecule has 0 aliphatic carbocycles. The number of hydrogen-bond donors (Lipinski definition) is 1. The van der Waals surface area contributed by atoms with Crippen LogP contribution in [0.25, 0.3) is 0 Å². The smallest absolute Gasteiger partial charge is 0.115 e. The van der Waals surface area contributed by atoms with Crippen molar-refractivity contribution < 1.29 is 5.11 Å². The van der Waals surface area contributed by atoms with Crippen molar-refractivity contribution >= 4 is 12.4 Å². The van der Waals surface area contributed by atoms with E-state index in [4.69, 9.17) is 0 Å². The molecule has 1 N–H and O–H groups in total. The largest absolute Gasteiger partial charge is 0.508 e. The molecule has 2 rings (SSSR count). The van der Waals surface area contributed by atoms with Crippen molar-refractivity contribution in [1.29, 1.82) is 0 Å². The van der Waals surface area contributed by atoms with E-state index in [1.54, 1.807) is 6.07 Å². The molecule has 1 aliphatic rings. The topological polar surface area (TPSA) is 23.5 Å². The lowest BCUT2D eigenvalue weighted by atomic mass is 9.68. The third kappa shape index (κ3) is 4.42. The molecule has 124 valence electrons. The van der Waals surface area contributed by atoms with Crippen molar-refractivity contribution in [3.63, 3.8) is 0 Å². The molecule has 2 atom stereocenters. The summed E-state index contributed by atoms with van der Waals surface area (Å²) in [6.45, 7) is 9.09. The normalized spacial score (nSPS) is 25.2. The summed E-state index contributed by atoms with van der Waals surface area (Å²) in [4.78, 5) is 2.45. The molecule has 0 radical (unpaired) electrons. The van der Waals surface area contributed by atoms with Gasteiger partial charge in [0, 0.05) is 13.1 Å². The Labute approximate surface area is 141 Å². The predicted molar refractivity (Wildman–Crippen MR) is 96.7 cm³/mol. The third-order valence-corrected chi connectivity index (χ3v) is 5.06. The Bertz CT molecular complexity index is 488. The number of benzene rings is 1. The molecule has 0 aromatic heterocycles. The molecule has 0 bridgehead atoms. The fourth-order valence-corrected chi connectivity index (χ4v) is 3.24. The standard InChI is InChI=1S/C19H29NO.ClH/c1-4-5-6-7-12-20-13-11-19(3,16(2)15-20)17-9-8-10-18(21)14-17;/h7-10,12,14,16,21H,4-6,11,13,15H2,1-3H3;1H. The van der Waals surface area contributed by atoms with Crippen molar-refractivity contribution in [2.75, 3.05) is 13.1 Å². The van der Waals surface area contributed by atoms with Gasteiger partial charge in [-0.2, -0.15) is 0 Å². The Kier molecular flexibility index (Phi) is 7.28. The highest BCUT2D eigenvalue weighted by Gasteiger charge is 2.37. The highest BCUT2D eigenvalue weighted by molar-refractivity contribution is 5.85. The van der Waals surface area contributed by atoms with E-state index in [2.05, 4.69) is 44.0 Å². The summed E-state index contributed by atoms with van der Waals surface area (Å²) in [6, 6.07) is 7.80. The number of hydrogen-bond acceptors (Lipinski definition) is 2. The Morgan fingerprint density at radius 2 is 2.18 bits per heavy atom. The van der Waals surface area contributed by atoms with Crippen molar-refractivity contribution in [1.82, 2.24) is 4.90 Å². The molecule has 1 aromatic rings. The number of rotatable bonds is 5. The number of unbranched alkanes of at least 4 members (excludes halogenated alkanes) is 2. The predicted octanol–water partition coefficient (Wildman–Crippen LogP) is 5.12. The first-order valence-corrected chi connectivity index (χ1v) is 8.26. The average Bonchev–Trinajstić information content (AvgIpc) is 2.47. The lowest BCUT2D eigenvalue weighted by Gasteiger charge is -2.45. The van der Waals surface area contributed by atoms with Gasteiger partial charge in [0.1, 0.15) is 5.75 Å². The van der Waals surface area contributed by atoms with Crippen LogP contribution >= 0.6 is 12.4 Å². The van der Waals surface area contributed by atoms with Gasteiger partial charge < -0.3 is 10.0 Å². The van der Waals surface area contributed by atoms with Crippen molar-refractivity contribution in [2.24, 2.45) is 5.92 Å². The number of halogens is 1. The molecule has 3 heteroatoms. The number of nitrogens with zero attached hydrogens (tertiary/aromatic N) is 1. The zero-order valence-electron chi connectivity index (χ0n) is 14.1. The number of piperidine rings is 1. The number of phenols is 1. The molecule has 0 saturated carbocycles. The number of phenolic OH excluding ortho intramolecular Hbond substituents is 1. The first-order valence-electron chi connectivity index (χ1n) is 8.26. The molecule has 0 spiro atoms. The van der Waals surface area contributed by atoms with Gasteiger partial charge in [-0.3, -0.25) is 0 Å². The van der Waals surface area contributed by atoms with Crippen LogP contribution in [0.2, 0.25) is 0 Å². The molecule has 1 aliphatic heterocycles. The van der Waals surface area contributed by atoms with Crippen LogP contribution in [0.1, 0.15) is 52.0 Å². The summed E-state index contributed by atoms with van der Waals surface area (Å²) in [5, 5.41) is 9.74. The van der Waals surface area contributed by atoms with Gasteiger partial charge in [-0.25, -0.2) is 0 Å². The number of allylic oxidation sites excluding steroid dienone is 1. The first kappa shape index (κ1) is 18.9. The van der Waals surface area contributed by atoms with Gasteiger partial charge in [0.25, 0.3) is 0 Å². The van der Waals surface area contributed by atoms with Gasteiger partial charge in [-0.1, -0.05) is 51.8 Å². The first-order chi connectivity index (χ1) is 10.1. The second kappa shape index (κ2) is 8.47. The van der Waals surface area contributed by atoms with Crippen LogP contribution in [0, 0.1) is 5.92 Å². The van der Waals surface area contributed by atoms with E-state index < -0.39 is 0 Å². The third-order valence-electron chi connectivity index (χ3n) is 5.06. The van der Waals surface area contributed by atoms with E-state index in [-0.39, 0.29) is 17.8 Å². The fourth-order valence-electron chi connectivity index (χ4n) is 3.24. The van der Waals surface area contributed by atoms with Crippen LogP contribution in [0.15, 0.2) is 36.5 Å². The van der Waals surface area contributed by atoms with E-state index in [1.807, 2.05) is 12.1 Å². The van der Waals surface area contributed by atoms with E-state index in [9.17, 15) is 5.11 Å². The van der Waals surface area contributed by atoms with Crippen LogP contribution in [0.3, 0.4) is 0 Å². The summed E-state index contributed by atoms with van der Waals surface area (Å²) < 4.78 is 0. The van der Waals surface area contributed by atoms with E-state index in [0.29, 0.717) is 11.7 Å². The monoisotopic (exact) mass is 323 g/mol. The molecular formula is C19H30ClNO. The number of aromatic hydroxyl groups is 1. The molecule has 2 nitrogen and oxygen atoms in total. The van der Waals surface area contributed by atoms with Crippen molar-refractivity contribution in [3.8, 4) is 5.75 Å². The van der Waals surface area contributed by atoms with Gasteiger partial charge in [-0.05, 0) is 48.1 Å². The molecule has 1 saturated heterocycles. The van der Waals surface area contributed by atoms with Gasteiger partial charge >= 0.3 is 0 Å². The summed E-state index contributed by atoms with van der Waals surface area (Å²) in [5.74, 6) is 0.951. The second-order valence-electron chi connectivity index (χ2n) is 6.64. The molecular weight excluding hydrogens is 294 g/mol. The zero-order valence-corrected chi connectivity index (χ0v) is 14.9. The molecule has 2 unspecified atom stereocenters. The van der Waals surface area contributed by atoms with Crippen LogP contribution in [0.5, 0.6) is 5.75 Å². The maximum atomic E-state index is 9.74. The lowest BCUT2D eigenvalue weighted by Crippen LogP contribution is -2.45. The van der Waals surface area contributed by atoms with Gasteiger partial charge in [-0.15, -0.1) is 12.4 Å². The van der Waals surface area contributed by atoms with Gasteiger partial charge in [0.05, 0.1) is 0 Å². The summed E-state index contributed by atoms with van der Waals surface area (Å²) in [5.41, 5.74) is 1.43. The van der Waals surface area contributed by atoms with Crippen LogP contribution in [0.4, 0.5) is 0 Å².